The monoisotopic (exact) mass is 266 g/mol. The maximum atomic E-state index is 11.9. The maximum Gasteiger partial charge on any atom is 0.271 e. The second-order valence-corrected chi connectivity index (χ2v) is 6.39. The van der Waals surface area contributed by atoms with Gasteiger partial charge in [0, 0.05) is 21.9 Å². The Balaban J connectivity index is 2.16. The molecule has 0 radical (unpaired) electrons. The molecule has 0 aliphatic rings. The van der Waals surface area contributed by atoms with E-state index in [1.165, 1.54) is 11.3 Å². The molecule has 2 heterocycles. The molecule has 0 aliphatic heterocycles. The lowest BCUT2D eigenvalue weighted by molar-refractivity contribution is 0.0915. The molecule has 3 nitrogen and oxygen atoms in total. The molecule has 0 unspecified atom stereocenters. The first-order chi connectivity index (χ1) is 7.96. The summed E-state index contributed by atoms with van der Waals surface area (Å²) < 4.78 is 0. The molecule has 0 aromatic carbocycles. The van der Waals surface area contributed by atoms with Crippen LogP contribution in [0.5, 0.6) is 0 Å². The van der Waals surface area contributed by atoms with E-state index in [1.54, 1.807) is 16.7 Å². The van der Waals surface area contributed by atoms with Gasteiger partial charge in [-0.1, -0.05) is 0 Å². The van der Waals surface area contributed by atoms with Crippen LogP contribution in [0.3, 0.4) is 0 Å². The van der Waals surface area contributed by atoms with Gasteiger partial charge in [0.1, 0.15) is 10.7 Å². The molecule has 0 saturated heterocycles. The maximum absolute atomic E-state index is 11.9. The average molecular weight is 266 g/mol. The summed E-state index contributed by atoms with van der Waals surface area (Å²) in [6.07, 6.45) is 0. The van der Waals surface area contributed by atoms with Crippen LogP contribution >= 0.6 is 22.7 Å². The minimum absolute atomic E-state index is 0.116. The minimum Gasteiger partial charge on any atom is -0.346 e. The average Bonchev–Trinajstić information content (AvgIpc) is 2.86. The topological polar surface area (TPSA) is 42.0 Å². The van der Waals surface area contributed by atoms with Crippen LogP contribution in [0, 0.1) is 0 Å². The molecule has 0 aliphatic carbocycles. The molecule has 0 atom stereocenters. The quantitative estimate of drug-likeness (QED) is 0.905. The van der Waals surface area contributed by atoms with E-state index in [4.69, 9.17) is 0 Å². The number of thiophene rings is 1. The lowest BCUT2D eigenvalue weighted by Gasteiger charge is -2.19. The van der Waals surface area contributed by atoms with Crippen LogP contribution in [0.15, 0.2) is 22.2 Å². The Bertz CT molecular complexity index is 509. The highest BCUT2D eigenvalue weighted by Crippen LogP contribution is 2.25. The zero-order valence-electron chi connectivity index (χ0n) is 9.98. The number of nitrogens with one attached hydrogen (secondary N) is 1. The number of hydrogen-bond acceptors (Lipinski definition) is 4. The van der Waals surface area contributed by atoms with E-state index in [0.29, 0.717) is 5.69 Å². The second-order valence-electron chi connectivity index (χ2n) is 4.75. The van der Waals surface area contributed by atoms with Gasteiger partial charge >= 0.3 is 0 Å². The SMILES string of the molecule is CC(C)(C)NC(=O)c1csc(-c2ccsc2)n1. The van der Waals surface area contributed by atoms with Gasteiger partial charge in [0.2, 0.25) is 0 Å². The predicted octanol–water partition coefficient (Wildman–Crippen LogP) is 3.40. The summed E-state index contributed by atoms with van der Waals surface area (Å²) in [5.41, 5.74) is 1.34. The van der Waals surface area contributed by atoms with Crippen LogP contribution in [-0.2, 0) is 0 Å². The van der Waals surface area contributed by atoms with E-state index < -0.39 is 0 Å². The highest BCUT2D eigenvalue weighted by molar-refractivity contribution is 7.14. The van der Waals surface area contributed by atoms with Crippen molar-refractivity contribution in [3.63, 3.8) is 0 Å². The summed E-state index contributed by atoms with van der Waals surface area (Å²) in [6.45, 7) is 5.87. The van der Waals surface area contributed by atoms with Gasteiger partial charge in [0.05, 0.1) is 0 Å². The van der Waals surface area contributed by atoms with Gasteiger partial charge in [0.15, 0.2) is 0 Å². The standard InChI is InChI=1S/C12H14N2OS2/c1-12(2,3)14-10(15)9-7-17-11(13-9)8-4-5-16-6-8/h4-7H,1-3H3,(H,14,15). The first-order valence-corrected chi connectivity index (χ1v) is 7.08. The number of thiazole rings is 1. The molecule has 90 valence electrons. The minimum atomic E-state index is -0.233. The molecule has 5 heteroatoms. The van der Waals surface area contributed by atoms with Crippen LogP contribution in [0.4, 0.5) is 0 Å². The van der Waals surface area contributed by atoms with Gasteiger partial charge in [0.25, 0.3) is 5.91 Å². The van der Waals surface area contributed by atoms with Gasteiger partial charge in [-0.15, -0.1) is 11.3 Å². The van der Waals surface area contributed by atoms with Crippen molar-refractivity contribution in [1.82, 2.24) is 10.3 Å². The third-order valence-corrected chi connectivity index (χ3v) is 3.57. The Morgan fingerprint density at radius 1 is 1.35 bits per heavy atom. The largest absolute Gasteiger partial charge is 0.346 e. The Kier molecular flexibility index (Phi) is 3.31. The van der Waals surface area contributed by atoms with E-state index in [0.717, 1.165) is 10.6 Å². The Morgan fingerprint density at radius 2 is 2.12 bits per heavy atom. The van der Waals surface area contributed by atoms with Crippen LogP contribution in [0.2, 0.25) is 0 Å². The molecule has 1 N–H and O–H groups in total. The molecular formula is C12H14N2OS2. The molecule has 2 aromatic heterocycles. The lowest BCUT2D eigenvalue weighted by atomic mass is 10.1. The molecule has 2 rings (SSSR count). The first kappa shape index (κ1) is 12.3. The van der Waals surface area contributed by atoms with Crippen molar-refractivity contribution in [2.75, 3.05) is 0 Å². The van der Waals surface area contributed by atoms with Crippen molar-refractivity contribution in [3.05, 3.63) is 27.9 Å². The van der Waals surface area contributed by atoms with Crippen molar-refractivity contribution < 1.29 is 4.79 Å². The Labute approximate surface area is 109 Å². The first-order valence-electron chi connectivity index (χ1n) is 5.26. The van der Waals surface area contributed by atoms with Gasteiger partial charge in [-0.3, -0.25) is 4.79 Å². The van der Waals surface area contributed by atoms with Gasteiger partial charge in [-0.2, -0.15) is 11.3 Å². The molecule has 2 aromatic rings. The van der Waals surface area contributed by atoms with Crippen molar-refractivity contribution in [3.8, 4) is 10.6 Å². The van der Waals surface area contributed by atoms with Gasteiger partial charge in [-0.25, -0.2) is 4.98 Å². The summed E-state index contributed by atoms with van der Waals surface area (Å²) in [6, 6.07) is 2.01. The van der Waals surface area contributed by atoms with Crippen LogP contribution in [0.25, 0.3) is 10.6 Å². The molecule has 1 amide bonds. The number of carbonyl (C=O) groups is 1. The number of aromatic nitrogens is 1. The molecule has 0 spiro atoms. The van der Waals surface area contributed by atoms with E-state index in [-0.39, 0.29) is 11.4 Å². The molecule has 17 heavy (non-hydrogen) atoms. The zero-order chi connectivity index (χ0) is 12.5. The number of hydrogen-bond donors (Lipinski definition) is 1. The van der Waals surface area contributed by atoms with Crippen LogP contribution in [0.1, 0.15) is 31.3 Å². The summed E-state index contributed by atoms with van der Waals surface area (Å²) in [7, 11) is 0. The van der Waals surface area contributed by atoms with Gasteiger partial charge < -0.3 is 5.32 Å². The highest BCUT2D eigenvalue weighted by atomic mass is 32.1. The third kappa shape index (κ3) is 3.14. The summed E-state index contributed by atoms with van der Waals surface area (Å²) in [5.74, 6) is -0.116. The predicted molar refractivity (Wildman–Crippen MR) is 72.6 cm³/mol. The van der Waals surface area contributed by atoms with Gasteiger partial charge in [-0.05, 0) is 32.2 Å². The Hall–Kier alpha value is -1.20. The number of rotatable bonds is 2. The van der Waals surface area contributed by atoms with Crippen molar-refractivity contribution in [2.24, 2.45) is 0 Å². The number of carbonyl (C=O) groups excluding carboxylic acids is 1. The summed E-state index contributed by atoms with van der Waals surface area (Å²) in [4.78, 5) is 16.2. The van der Waals surface area contributed by atoms with Crippen LogP contribution < -0.4 is 5.32 Å². The van der Waals surface area contributed by atoms with E-state index >= 15 is 0 Å². The fourth-order valence-electron chi connectivity index (χ4n) is 1.30. The fourth-order valence-corrected chi connectivity index (χ4v) is 2.81. The normalized spacial score (nSPS) is 11.5. The van der Waals surface area contributed by atoms with Crippen LogP contribution in [-0.4, -0.2) is 16.4 Å². The fraction of sp³-hybridized carbons (Fsp3) is 0.333. The summed E-state index contributed by atoms with van der Waals surface area (Å²) in [5, 5.41) is 9.63. The van der Waals surface area contributed by atoms with Crippen molar-refractivity contribution >= 4 is 28.6 Å². The third-order valence-electron chi connectivity index (χ3n) is 1.99. The van der Waals surface area contributed by atoms with Crippen molar-refractivity contribution in [1.29, 1.82) is 0 Å². The smallest absolute Gasteiger partial charge is 0.271 e. The molecular weight excluding hydrogens is 252 g/mol. The molecule has 0 bridgehead atoms. The zero-order valence-corrected chi connectivity index (χ0v) is 11.6. The van der Waals surface area contributed by atoms with E-state index in [9.17, 15) is 4.79 Å². The Morgan fingerprint density at radius 3 is 2.71 bits per heavy atom. The van der Waals surface area contributed by atoms with E-state index in [1.807, 2.05) is 37.6 Å². The summed E-state index contributed by atoms with van der Waals surface area (Å²) >= 11 is 3.12. The number of nitrogens with zero attached hydrogens (tertiary/aromatic N) is 1. The van der Waals surface area contributed by atoms with Crippen molar-refractivity contribution in [2.45, 2.75) is 26.3 Å². The second kappa shape index (κ2) is 4.58. The highest BCUT2D eigenvalue weighted by Gasteiger charge is 2.17. The lowest BCUT2D eigenvalue weighted by Crippen LogP contribution is -2.40. The molecule has 0 fully saturated rings. The number of amides is 1. The van der Waals surface area contributed by atoms with E-state index in [2.05, 4.69) is 10.3 Å². The molecule has 0 saturated carbocycles.